The van der Waals surface area contributed by atoms with Gasteiger partial charge in [-0.15, -0.1) is 10.2 Å². The van der Waals surface area contributed by atoms with Gasteiger partial charge in [0.1, 0.15) is 5.82 Å². The number of nitrogens with zero attached hydrogens (tertiary/aromatic N) is 4. The van der Waals surface area contributed by atoms with E-state index >= 15 is 0 Å². The maximum Gasteiger partial charge on any atom is 0.204 e. The lowest BCUT2D eigenvalue weighted by molar-refractivity contribution is 1.02. The van der Waals surface area contributed by atoms with Crippen molar-refractivity contribution in [2.24, 2.45) is 0 Å². The van der Waals surface area contributed by atoms with Gasteiger partial charge < -0.3 is 5.32 Å². The van der Waals surface area contributed by atoms with Crippen molar-refractivity contribution >= 4 is 44.1 Å². The van der Waals surface area contributed by atoms with Gasteiger partial charge in [0, 0.05) is 4.47 Å². The molecule has 2 aromatic carbocycles. The summed E-state index contributed by atoms with van der Waals surface area (Å²) in [5.74, 6) is 1.52. The van der Waals surface area contributed by atoms with Crippen LogP contribution in [-0.2, 0) is 0 Å². The molecule has 0 amide bonds. The second-order valence-corrected chi connectivity index (χ2v) is 5.81. The van der Waals surface area contributed by atoms with Crippen LogP contribution in [0.3, 0.4) is 0 Å². The van der Waals surface area contributed by atoms with Crippen molar-refractivity contribution in [3.05, 3.63) is 58.8 Å². The molecule has 0 atom stereocenters. The first-order valence-electron chi connectivity index (χ1n) is 6.86. The fraction of sp³-hybridized carbons (Fsp3) is 0.0625. The largest absolute Gasteiger partial charge is 0.336 e. The van der Waals surface area contributed by atoms with Crippen molar-refractivity contribution in [2.75, 3.05) is 5.32 Å². The first-order chi connectivity index (χ1) is 10.7. The maximum absolute atomic E-state index is 4.70. The fourth-order valence-electron chi connectivity index (χ4n) is 2.50. The molecular weight excluding hydrogens is 342 g/mol. The molecule has 2 heterocycles. The molecule has 0 aliphatic rings. The summed E-state index contributed by atoms with van der Waals surface area (Å²) in [7, 11) is 0. The van der Waals surface area contributed by atoms with E-state index in [0.717, 1.165) is 27.0 Å². The molecule has 0 unspecified atom stereocenters. The molecule has 2 aromatic heterocycles. The molecule has 0 saturated carbocycles. The molecule has 0 spiro atoms. The number of aryl methyl sites for hydroxylation is 1. The van der Waals surface area contributed by atoms with Crippen LogP contribution in [0.2, 0.25) is 0 Å². The van der Waals surface area contributed by atoms with Gasteiger partial charge in [0.2, 0.25) is 5.65 Å². The minimum atomic E-state index is 0.686. The van der Waals surface area contributed by atoms with E-state index in [0.29, 0.717) is 11.5 Å². The SMILES string of the molecule is Cc1nnc2c(Nc3ccccc3Br)nc3ccccc3n12. The lowest BCUT2D eigenvalue weighted by Gasteiger charge is -2.10. The summed E-state index contributed by atoms with van der Waals surface area (Å²) < 4.78 is 2.99. The third-order valence-electron chi connectivity index (χ3n) is 3.52. The summed E-state index contributed by atoms with van der Waals surface area (Å²) >= 11 is 3.54. The van der Waals surface area contributed by atoms with Gasteiger partial charge in [-0.1, -0.05) is 24.3 Å². The minimum absolute atomic E-state index is 0.686. The van der Waals surface area contributed by atoms with E-state index in [2.05, 4.69) is 31.4 Å². The van der Waals surface area contributed by atoms with Gasteiger partial charge in [-0.25, -0.2) is 4.98 Å². The lowest BCUT2D eigenvalue weighted by Crippen LogP contribution is -2.01. The number of halogens is 1. The lowest BCUT2D eigenvalue weighted by atomic mass is 10.3. The Morgan fingerprint density at radius 1 is 1.00 bits per heavy atom. The van der Waals surface area contributed by atoms with Crippen molar-refractivity contribution in [2.45, 2.75) is 6.92 Å². The average Bonchev–Trinajstić information content (AvgIpc) is 2.92. The molecule has 0 saturated heterocycles. The number of hydrogen-bond donors (Lipinski definition) is 1. The summed E-state index contributed by atoms with van der Waals surface area (Å²) in [6.07, 6.45) is 0. The van der Waals surface area contributed by atoms with E-state index in [-0.39, 0.29) is 0 Å². The number of fused-ring (bicyclic) bond motifs is 3. The minimum Gasteiger partial charge on any atom is -0.336 e. The summed E-state index contributed by atoms with van der Waals surface area (Å²) in [6.45, 7) is 1.94. The van der Waals surface area contributed by atoms with E-state index < -0.39 is 0 Å². The molecule has 4 rings (SSSR count). The zero-order chi connectivity index (χ0) is 15.1. The topological polar surface area (TPSA) is 55.1 Å². The van der Waals surface area contributed by atoms with Gasteiger partial charge in [0.05, 0.1) is 16.7 Å². The second-order valence-electron chi connectivity index (χ2n) is 4.96. The monoisotopic (exact) mass is 353 g/mol. The van der Waals surface area contributed by atoms with Gasteiger partial charge in [0.25, 0.3) is 0 Å². The van der Waals surface area contributed by atoms with Gasteiger partial charge >= 0.3 is 0 Å². The van der Waals surface area contributed by atoms with E-state index in [1.807, 2.05) is 59.9 Å². The van der Waals surface area contributed by atoms with Crippen molar-refractivity contribution in [1.82, 2.24) is 19.6 Å². The zero-order valence-electron chi connectivity index (χ0n) is 11.8. The maximum atomic E-state index is 4.70. The molecule has 108 valence electrons. The predicted octanol–water partition coefficient (Wildman–Crippen LogP) is 4.09. The Bertz CT molecular complexity index is 992. The van der Waals surface area contributed by atoms with Gasteiger partial charge in [0.15, 0.2) is 5.82 Å². The standard InChI is InChI=1S/C16H12BrN5/c1-10-20-21-16-15(18-12-7-3-2-6-11(12)17)19-13-8-4-5-9-14(13)22(10)16/h2-9H,1H3,(H,18,19). The number of benzene rings is 2. The first kappa shape index (κ1) is 13.2. The Kier molecular flexibility index (Phi) is 3.04. The number of hydrogen-bond acceptors (Lipinski definition) is 4. The normalized spacial score (nSPS) is 11.2. The van der Waals surface area contributed by atoms with Crippen LogP contribution in [0.4, 0.5) is 11.5 Å². The number of rotatable bonds is 2. The van der Waals surface area contributed by atoms with E-state index in [4.69, 9.17) is 4.98 Å². The molecule has 0 aliphatic heterocycles. The van der Waals surface area contributed by atoms with Crippen LogP contribution in [0.5, 0.6) is 0 Å². The van der Waals surface area contributed by atoms with Gasteiger partial charge in [-0.3, -0.25) is 4.40 Å². The Hall–Kier alpha value is -2.47. The highest BCUT2D eigenvalue weighted by Crippen LogP contribution is 2.28. The molecule has 0 aliphatic carbocycles. The molecule has 22 heavy (non-hydrogen) atoms. The van der Waals surface area contributed by atoms with Crippen LogP contribution in [0, 0.1) is 6.92 Å². The number of aromatic nitrogens is 4. The average molecular weight is 354 g/mol. The third kappa shape index (κ3) is 2.03. The van der Waals surface area contributed by atoms with Crippen molar-refractivity contribution in [1.29, 1.82) is 0 Å². The number of anilines is 2. The van der Waals surface area contributed by atoms with Crippen LogP contribution >= 0.6 is 15.9 Å². The molecule has 4 aromatic rings. The summed E-state index contributed by atoms with van der Waals surface area (Å²) in [6, 6.07) is 15.9. The number of nitrogens with one attached hydrogen (secondary N) is 1. The molecule has 0 bridgehead atoms. The Labute approximate surface area is 135 Å². The molecule has 5 nitrogen and oxygen atoms in total. The van der Waals surface area contributed by atoms with Crippen molar-refractivity contribution < 1.29 is 0 Å². The molecule has 6 heteroatoms. The fourth-order valence-corrected chi connectivity index (χ4v) is 2.88. The number of para-hydroxylation sites is 3. The molecule has 0 radical (unpaired) electrons. The zero-order valence-corrected chi connectivity index (χ0v) is 13.4. The van der Waals surface area contributed by atoms with Gasteiger partial charge in [-0.2, -0.15) is 0 Å². The third-order valence-corrected chi connectivity index (χ3v) is 4.21. The molecular formula is C16H12BrN5. The van der Waals surface area contributed by atoms with Crippen LogP contribution in [-0.4, -0.2) is 19.6 Å². The van der Waals surface area contributed by atoms with E-state index in [1.54, 1.807) is 0 Å². The van der Waals surface area contributed by atoms with Crippen molar-refractivity contribution in [3.63, 3.8) is 0 Å². The van der Waals surface area contributed by atoms with Crippen LogP contribution < -0.4 is 5.32 Å². The molecule has 0 fully saturated rings. The summed E-state index contributed by atoms with van der Waals surface area (Å²) in [5.41, 5.74) is 3.55. The smallest absolute Gasteiger partial charge is 0.204 e. The Morgan fingerprint density at radius 2 is 1.77 bits per heavy atom. The van der Waals surface area contributed by atoms with E-state index in [9.17, 15) is 0 Å². The Balaban J connectivity index is 1.98. The van der Waals surface area contributed by atoms with Crippen LogP contribution in [0.25, 0.3) is 16.7 Å². The predicted molar refractivity (Wildman–Crippen MR) is 90.4 cm³/mol. The van der Waals surface area contributed by atoms with Crippen molar-refractivity contribution in [3.8, 4) is 0 Å². The highest BCUT2D eigenvalue weighted by atomic mass is 79.9. The second kappa shape index (κ2) is 5.06. The molecule has 1 N–H and O–H groups in total. The van der Waals surface area contributed by atoms with Crippen LogP contribution in [0.1, 0.15) is 5.82 Å². The summed E-state index contributed by atoms with van der Waals surface area (Å²) in [4.78, 5) is 4.70. The Morgan fingerprint density at radius 3 is 2.64 bits per heavy atom. The van der Waals surface area contributed by atoms with E-state index in [1.165, 1.54) is 0 Å². The van der Waals surface area contributed by atoms with Gasteiger partial charge in [-0.05, 0) is 47.1 Å². The van der Waals surface area contributed by atoms with Crippen LogP contribution in [0.15, 0.2) is 53.0 Å². The highest BCUT2D eigenvalue weighted by Gasteiger charge is 2.13. The quantitative estimate of drug-likeness (QED) is 0.589. The highest BCUT2D eigenvalue weighted by molar-refractivity contribution is 9.10. The summed E-state index contributed by atoms with van der Waals surface area (Å²) in [5, 5.41) is 11.8. The first-order valence-corrected chi connectivity index (χ1v) is 7.65.